The van der Waals surface area contributed by atoms with Crippen molar-refractivity contribution in [2.24, 2.45) is 5.92 Å². The number of nitrogens with zero attached hydrogens (tertiary/aromatic N) is 1. The average Bonchev–Trinajstić information content (AvgIpc) is 2.63. The van der Waals surface area contributed by atoms with E-state index < -0.39 is 22.8 Å². The molecule has 0 aliphatic rings. The molecule has 0 aromatic heterocycles. The number of non-ortho nitro benzene ring substituents is 1. The first-order valence-electron chi connectivity index (χ1n) is 8.03. The van der Waals surface area contributed by atoms with E-state index in [0.29, 0.717) is 17.5 Å². The van der Waals surface area contributed by atoms with Gasteiger partial charge >= 0.3 is 11.9 Å². The summed E-state index contributed by atoms with van der Waals surface area (Å²) >= 11 is 0. The van der Waals surface area contributed by atoms with Crippen LogP contribution in [0.5, 0.6) is 0 Å². The first-order chi connectivity index (χ1) is 12.8. The summed E-state index contributed by atoms with van der Waals surface area (Å²) in [5.41, 5.74) is 0.981. The van der Waals surface area contributed by atoms with Crippen LogP contribution in [-0.4, -0.2) is 32.9 Å². The van der Waals surface area contributed by atoms with Crippen LogP contribution in [0, 0.1) is 16.0 Å². The number of aliphatic carboxylic acids is 2. The highest BCUT2D eigenvalue weighted by molar-refractivity contribution is 6.08. The Morgan fingerprint density at radius 1 is 1.00 bits per heavy atom. The van der Waals surface area contributed by atoms with Gasteiger partial charge in [0.2, 0.25) is 0 Å². The van der Waals surface area contributed by atoms with Crippen LogP contribution in [0.3, 0.4) is 0 Å². The molecule has 0 fully saturated rings. The molecule has 0 amide bonds. The van der Waals surface area contributed by atoms with E-state index >= 15 is 0 Å². The number of carboxylic acids is 2. The van der Waals surface area contributed by atoms with Gasteiger partial charge in [0.25, 0.3) is 5.69 Å². The van der Waals surface area contributed by atoms with E-state index in [0.717, 1.165) is 0 Å². The lowest BCUT2D eigenvalue weighted by molar-refractivity contribution is -0.384. The Morgan fingerprint density at radius 3 is 1.96 bits per heavy atom. The third-order valence-corrected chi connectivity index (χ3v) is 3.58. The summed E-state index contributed by atoms with van der Waals surface area (Å²) in [6, 6.07) is 14.0. The highest BCUT2D eigenvalue weighted by Crippen LogP contribution is 2.13. The number of hydrogen-bond donors (Lipinski definition) is 2. The molecule has 8 nitrogen and oxygen atoms in total. The fraction of sp³-hybridized carbons (Fsp3) is 0.211. The molecular formula is C19H19NO7. The van der Waals surface area contributed by atoms with Crippen molar-refractivity contribution >= 4 is 23.4 Å². The smallest absolute Gasteiger partial charge is 0.314 e. The predicted molar refractivity (Wildman–Crippen MR) is 96.6 cm³/mol. The summed E-state index contributed by atoms with van der Waals surface area (Å²) in [4.78, 5) is 42.3. The Labute approximate surface area is 155 Å². The standard InChI is InChI=1S/C11H12O3.C8H7NO4/c1-2-9(11(13)14)10(12)8-6-4-3-5-7-8;10-8(11)5-6-1-3-7(4-2-6)9(12)13/h3-7,9H,2H2,1H3,(H,13,14);1-4H,5H2,(H,10,11). The van der Waals surface area contributed by atoms with Gasteiger partial charge in [0, 0.05) is 17.7 Å². The largest absolute Gasteiger partial charge is 0.481 e. The van der Waals surface area contributed by atoms with Crippen molar-refractivity contribution in [3.8, 4) is 0 Å². The van der Waals surface area contributed by atoms with E-state index in [1.165, 1.54) is 24.3 Å². The minimum Gasteiger partial charge on any atom is -0.481 e. The highest BCUT2D eigenvalue weighted by Gasteiger charge is 2.24. The molecule has 0 radical (unpaired) electrons. The van der Waals surface area contributed by atoms with Crippen molar-refractivity contribution in [2.45, 2.75) is 19.8 Å². The summed E-state index contributed by atoms with van der Waals surface area (Å²) in [6.45, 7) is 1.69. The molecule has 1 atom stereocenters. The fourth-order valence-electron chi connectivity index (χ4n) is 2.19. The SMILES string of the molecule is CCC(C(=O)O)C(=O)c1ccccc1.O=C(O)Cc1ccc([N+](=O)[O-])cc1. The molecule has 0 aliphatic carbocycles. The summed E-state index contributed by atoms with van der Waals surface area (Å²) < 4.78 is 0. The maximum Gasteiger partial charge on any atom is 0.314 e. The number of nitro groups is 1. The number of rotatable bonds is 7. The molecule has 0 bridgehead atoms. The summed E-state index contributed by atoms with van der Waals surface area (Å²) in [5.74, 6) is -3.24. The monoisotopic (exact) mass is 373 g/mol. The second-order valence-corrected chi connectivity index (χ2v) is 5.52. The number of Topliss-reactive ketones (excluding diaryl/α,β-unsaturated/α-hetero) is 1. The van der Waals surface area contributed by atoms with E-state index in [1.54, 1.807) is 37.3 Å². The van der Waals surface area contributed by atoms with Crippen molar-refractivity contribution in [3.05, 3.63) is 75.8 Å². The number of nitro benzene ring substituents is 1. The van der Waals surface area contributed by atoms with Gasteiger partial charge in [-0.25, -0.2) is 0 Å². The van der Waals surface area contributed by atoms with Gasteiger partial charge in [0.05, 0.1) is 11.3 Å². The van der Waals surface area contributed by atoms with E-state index in [9.17, 15) is 24.5 Å². The molecule has 2 aromatic rings. The van der Waals surface area contributed by atoms with Crippen LogP contribution in [-0.2, 0) is 16.0 Å². The number of ketones is 1. The fourth-order valence-corrected chi connectivity index (χ4v) is 2.19. The van der Waals surface area contributed by atoms with Gasteiger partial charge in [-0.3, -0.25) is 24.5 Å². The lowest BCUT2D eigenvalue weighted by Gasteiger charge is -2.07. The minimum atomic E-state index is -1.05. The van der Waals surface area contributed by atoms with E-state index in [4.69, 9.17) is 10.2 Å². The van der Waals surface area contributed by atoms with Crippen LogP contribution in [0.25, 0.3) is 0 Å². The second kappa shape index (κ2) is 10.4. The van der Waals surface area contributed by atoms with Gasteiger partial charge in [-0.15, -0.1) is 0 Å². The van der Waals surface area contributed by atoms with Crippen molar-refractivity contribution in [1.29, 1.82) is 0 Å². The van der Waals surface area contributed by atoms with Crippen LogP contribution in [0.1, 0.15) is 29.3 Å². The summed E-state index contributed by atoms with van der Waals surface area (Å²) in [7, 11) is 0. The van der Waals surface area contributed by atoms with E-state index in [-0.39, 0.29) is 17.9 Å². The molecule has 0 saturated heterocycles. The van der Waals surface area contributed by atoms with Crippen molar-refractivity contribution in [1.82, 2.24) is 0 Å². The van der Waals surface area contributed by atoms with Gasteiger partial charge in [-0.05, 0) is 12.0 Å². The highest BCUT2D eigenvalue weighted by atomic mass is 16.6. The van der Waals surface area contributed by atoms with Crippen LogP contribution in [0.2, 0.25) is 0 Å². The quantitative estimate of drug-likeness (QED) is 0.329. The Bertz CT molecular complexity index is 801. The predicted octanol–water partition coefficient (Wildman–Crippen LogP) is 3.20. The molecule has 0 heterocycles. The molecule has 2 N–H and O–H groups in total. The summed E-state index contributed by atoms with van der Waals surface area (Å²) in [5, 5.41) is 27.4. The molecule has 0 saturated carbocycles. The Kier molecular flexibility index (Phi) is 8.31. The van der Waals surface area contributed by atoms with Crippen LogP contribution in [0.4, 0.5) is 5.69 Å². The zero-order chi connectivity index (χ0) is 20.4. The van der Waals surface area contributed by atoms with Gasteiger partial charge in [-0.1, -0.05) is 49.4 Å². The van der Waals surface area contributed by atoms with Gasteiger partial charge in [-0.2, -0.15) is 0 Å². The number of benzene rings is 2. The van der Waals surface area contributed by atoms with Crippen molar-refractivity contribution in [2.75, 3.05) is 0 Å². The van der Waals surface area contributed by atoms with Gasteiger partial charge in [0.1, 0.15) is 5.92 Å². The first-order valence-corrected chi connectivity index (χ1v) is 8.03. The maximum atomic E-state index is 11.6. The molecule has 2 aromatic carbocycles. The third kappa shape index (κ3) is 7.07. The third-order valence-electron chi connectivity index (χ3n) is 3.58. The zero-order valence-electron chi connectivity index (χ0n) is 14.6. The average molecular weight is 373 g/mol. The second-order valence-electron chi connectivity index (χ2n) is 5.52. The van der Waals surface area contributed by atoms with Crippen LogP contribution < -0.4 is 0 Å². The minimum absolute atomic E-state index is 0.0332. The molecule has 0 aliphatic heterocycles. The molecule has 1 unspecified atom stereocenters. The van der Waals surface area contributed by atoms with Gasteiger partial charge < -0.3 is 10.2 Å². The Morgan fingerprint density at radius 2 is 1.56 bits per heavy atom. The van der Waals surface area contributed by atoms with Crippen LogP contribution >= 0.6 is 0 Å². The first kappa shape index (κ1) is 21.5. The number of carboxylic acid groups (broad SMARTS) is 2. The molecule has 8 heteroatoms. The topological polar surface area (TPSA) is 135 Å². The lowest BCUT2D eigenvalue weighted by Crippen LogP contribution is -2.22. The number of hydrogen-bond acceptors (Lipinski definition) is 5. The van der Waals surface area contributed by atoms with E-state index in [2.05, 4.69) is 0 Å². The van der Waals surface area contributed by atoms with Gasteiger partial charge in [0.15, 0.2) is 5.78 Å². The molecular weight excluding hydrogens is 354 g/mol. The Hall–Kier alpha value is -3.55. The molecule has 27 heavy (non-hydrogen) atoms. The normalized spacial score (nSPS) is 10.9. The number of carbonyl (C=O) groups is 3. The molecule has 142 valence electrons. The van der Waals surface area contributed by atoms with Crippen molar-refractivity contribution in [3.63, 3.8) is 0 Å². The van der Waals surface area contributed by atoms with E-state index in [1.807, 2.05) is 0 Å². The molecule has 0 spiro atoms. The zero-order valence-corrected chi connectivity index (χ0v) is 14.6. The Balaban J connectivity index is 0.000000271. The summed E-state index contributed by atoms with van der Waals surface area (Å²) in [6.07, 6.45) is 0.209. The lowest BCUT2D eigenvalue weighted by atomic mass is 9.95. The van der Waals surface area contributed by atoms with Crippen molar-refractivity contribution < 1.29 is 29.5 Å². The van der Waals surface area contributed by atoms with Crippen LogP contribution in [0.15, 0.2) is 54.6 Å². The molecule has 2 rings (SSSR count). The maximum absolute atomic E-state index is 11.6. The number of carbonyl (C=O) groups excluding carboxylic acids is 1.